The molecule has 0 aromatic heterocycles. The van der Waals surface area contributed by atoms with Gasteiger partial charge in [-0.3, -0.25) is 0 Å². The van der Waals surface area contributed by atoms with Crippen molar-refractivity contribution in [3.63, 3.8) is 0 Å². The predicted octanol–water partition coefficient (Wildman–Crippen LogP) is 1.08. The van der Waals surface area contributed by atoms with Crippen molar-refractivity contribution in [3.05, 3.63) is 24.3 Å². The van der Waals surface area contributed by atoms with Crippen LogP contribution in [0.3, 0.4) is 0 Å². The third-order valence-electron chi connectivity index (χ3n) is 2.13. The van der Waals surface area contributed by atoms with E-state index in [0.29, 0.717) is 5.75 Å². The fourth-order valence-electron chi connectivity index (χ4n) is 1.08. The molecule has 0 saturated carbocycles. The van der Waals surface area contributed by atoms with Gasteiger partial charge in [-0.15, -0.1) is 0 Å². The Morgan fingerprint density at radius 3 is 2.35 bits per heavy atom. The Kier molecular flexibility index (Phi) is 5.10. The summed E-state index contributed by atoms with van der Waals surface area (Å²) >= 11 is -2.01. The summed E-state index contributed by atoms with van der Waals surface area (Å²) < 4.78 is 47.0. The van der Waals surface area contributed by atoms with Gasteiger partial charge in [0.2, 0.25) is 0 Å². The van der Waals surface area contributed by atoms with E-state index in [-0.39, 0.29) is 23.0 Å². The van der Waals surface area contributed by atoms with Crippen LogP contribution in [-0.2, 0) is 20.9 Å². The Balaban J connectivity index is 2.51. The Hall–Kier alpha value is -0.920. The van der Waals surface area contributed by atoms with E-state index in [2.05, 4.69) is 0 Å². The summed E-state index contributed by atoms with van der Waals surface area (Å²) in [5.41, 5.74) is 0. The lowest BCUT2D eigenvalue weighted by Gasteiger charge is -2.06. The first-order valence-corrected chi connectivity index (χ1v) is 7.91. The fourth-order valence-corrected chi connectivity index (χ4v) is 2.08. The molecule has 0 aliphatic rings. The molecule has 0 spiro atoms. The number of ether oxygens (including phenoxy) is 1. The minimum absolute atomic E-state index is 0.0306. The van der Waals surface area contributed by atoms with Crippen LogP contribution in [0.2, 0.25) is 0 Å². The second-order valence-electron chi connectivity index (χ2n) is 3.31. The largest absolute Gasteiger partial charge is 0.493 e. The zero-order valence-electron chi connectivity index (χ0n) is 9.33. The molecule has 0 saturated heterocycles. The van der Waals surface area contributed by atoms with Crippen molar-refractivity contribution < 1.29 is 21.9 Å². The molecule has 0 amide bonds. The third-order valence-corrected chi connectivity index (χ3v) is 4.47. The second-order valence-corrected chi connectivity index (χ2v) is 6.75. The van der Waals surface area contributed by atoms with Crippen LogP contribution in [0, 0.1) is 0 Å². The van der Waals surface area contributed by atoms with Gasteiger partial charge in [-0.05, 0) is 24.3 Å². The minimum Gasteiger partial charge on any atom is -0.493 e. The lowest BCUT2D eigenvalue weighted by molar-refractivity contribution is 0.340. The van der Waals surface area contributed by atoms with Crippen LogP contribution in [0.5, 0.6) is 5.75 Å². The van der Waals surface area contributed by atoms with Gasteiger partial charge in [0.05, 0.1) is 10.6 Å². The Labute approximate surface area is 103 Å². The summed E-state index contributed by atoms with van der Waals surface area (Å²) in [5, 5.41) is 0. The number of benzene rings is 1. The summed E-state index contributed by atoms with van der Waals surface area (Å²) in [5.74, 6) is 0.543. The van der Waals surface area contributed by atoms with Gasteiger partial charge in [-0.25, -0.2) is 12.6 Å². The van der Waals surface area contributed by atoms with Crippen molar-refractivity contribution in [1.29, 1.82) is 0 Å². The molecule has 1 unspecified atom stereocenters. The summed E-state index contributed by atoms with van der Waals surface area (Å²) in [6.07, 6.45) is 0. The minimum atomic E-state index is -3.02. The lowest BCUT2D eigenvalue weighted by Crippen LogP contribution is -2.15. The van der Waals surface area contributed by atoms with Crippen LogP contribution in [0.15, 0.2) is 29.2 Å². The van der Waals surface area contributed by atoms with E-state index in [9.17, 15) is 12.6 Å². The molecule has 1 rings (SSSR count). The molecule has 5 nitrogen and oxygen atoms in total. The summed E-state index contributed by atoms with van der Waals surface area (Å²) in [7, 11) is -3.02. The molecule has 7 heteroatoms. The molecule has 0 aliphatic carbocycles. The Morgan fingerprint density at radius 1 is 1.29 bits per heavy atom. The van der Waals surface area contributed by atoms with E-state index in [1.165, 1.54) is 24.3 Å². The van der Waals surface area contributed by atoms with Crippen molar-refractivity contribution in [2.45, 2.75) is 11.8 Å². The molecule has 0 heterocycles. The van der Waals surface area contributed by atoms with Crippen LogP contribution in [0.25, 0.3) is 0 Å². The quantitative estimate of drug-likeness (QED) is 0.788. The molecule has 0 aliphatic heterocycles. The maximum absolute atomic E-state index is 11.2. The predicted molar refractivity (Wildman–Crippen MR) is 65.3 cm³/mol. The van der Waals surface area contributed by atoms with Gasteiger partial charge in [0.25, 0.3) is 0 Å². The monoisotopic (exact) mass is 278 g/mol. The van der Waals surface area contributed by atoms with E-state index in [4.69, 9.17) is 9.29 Å². The average Bonchev–Trinajstić information content (AvgIpc) is 2.29. The highest BCUT2D eigenvalue weighted by atomic mass is 32.2. The first-order valence-electron chi connectivity index (χ1n) is 4.99. The first-order chi connectivity index (χ1) is 7.94. The standard InChI is InChI=1S/C10H14O5S2/c1-2-17(13,14)8-7-15-9-3-5-10(6-4-9)16(11)12/h3-6H,2,7-8H2,1H3,(H,11,12). The van der Waals surface area contributed by atoms with E-state index >= 15 is 0 Å². The number of sulfone groups is 1. The fraction of sp³-hybridized carbons (Fsp3) is 0.400. The normalized spacial score (nSPS) is 13.3. The van der Waals surface area contributed by atoms with E-state index in [1.54, 1.807) is 6.92 Å². The average molecular weight is 278 g/mol. The van der Waals surface area contributed by atoms with Gasteiger partial charge in [-0.2, -0.15) is 0 Å². The van der Waals surface area contributed by atoms with Crippen LogP contribution >= 0.6 is 0 Å². The number of hydrogen-bond acceptors (Lipinski definition) is 4. The molecule has 1 atom stereocenters. The SMILES string of the molecule is CCS(=O)(=O)CCOc1ccc(S(=O)O)cc1. The number of rotatable bonds is 6. The molecular formula is C10H14O5S2. The zero-order chi connectivity index (χ0) is 12.9. The topological polar surface area (TPSA) is 80.7 Å². The third kappa shape index (κ3) is 4.84. The highest BCUT2D eigenvalue weighted by Gasteiger charge is 2.07. The van der Waals surface area contributed by atoms with Gasteiger partial charge in [0, 0.05) is 5.75 Å². The van der Waals surface area contributed by atoms with Gasteiger partial charge in [-0.1, -0.05) is 6.92 Å². The van der Waals surface area contributed by atoms with Crippen molar-refractivity contribution in [2.75, 3.05) is 18.1 Å². The van der Waals surface area contributed by atoms with Crippen molar-refractivity contribution in [1.82, 2.24) is 0 Å². The molecule has 96 valence electrons. The zero-order valence-corrected chi connectivity index (χ0v) is 11.0. The van der Waals surface area contributed by atoms with Crippen molar-refractivity contribution >= 4 is 20.9 Å². The first kappa shape index (κ1) is 14.1. The smallest absolute Gasteiger partial charge is 0.186 e. The molecule has 1 aromatic rings. The van der Waals surface area contributed by atoms with E-state index in [1.807, 2.05) is 0 Å². The highest BCUT2D eigenvalue weighted by Crippen LogP contribution is 2.14. The molecule has 0 radical (unpaired) electrons. The second kappa shape index (κ2) is 6.13. The summed E-state index contributed by atoms with van der Waals surface area (Å²) in [6.45, 7) is 1.67. The van der Waals surface area contributed by atoms with Crippen molar-refractivity contribution in [2.24, 2.45) is 0 Å². The van der Waals surface area contributed by atoms with E-state index < -0.39 is 20.9 Å². The van der Waals surface area contributed by atoms with Gasteiger partial charge in [0.15, 0.2) is 20.9 Å². The van der Waals surface area contributed by atoms with Crippen LogP contribution in [-0.4, -0.2) is 35.3 Å². The van der Waals surface area contributed by atoms with Crippen LogP contribution in [0.1, 0.15) is 6.92 Å². The Bertz CT molecular complexity index is 478. The van der Waals surface area contributed by atoms with E-state index in [0.717, 1.165) is 0 Å². The molecule has 0 bridgehead atoms. The lowest BCUT2D eigenvalue weighted by atomic mass is 10.3. The van der Waals surface area contributed by atoms with Gasteiger partial charge >= 0.3 is 0 Å². The van der Waals surface area contributed by atoms with Crippen molar-refractivity contribution in [3.8, 4) is 5.75 Å². The maximum atomic E-state index is 11.2. The summed E-state index contributed by atoms with van der Waals surface area (Å²) in [4.78, 5) is 0.276. The maximum Gasteiger partial charge on any atom is 0.186 e. The van der Waals surface area contributed by atoms with Gasteiger partial charge in [0.1, 0.15) is 12.4 Å². The van der Waals surface area contributed by atoms with Crippen LogP contribution < -0.4 is 4.74 Å². The summed E-state index contributed by atoms with van der Waals surface area (Å²) in [6, 6.07) is 5.98. The molecule has 0 fully saturated rings. The van der Waals surface area contributed by atoms with Crippen LogP contribution in [0.4, 0.5) is 0 Å². The molecular weight excluding hydrogens is 264 g/mol. The Morgan fingerprint density at radius 2 is 1.88 bits per heavy atom. The highest BCUT2D eigenvalue weighted by molar-refractivity contribution is 7.91. The molecule has 17 heavy (non-hydrogen) atoms. The van der Waals surface area contributed by atoms with Gasteiger partial charge < -0.3 is 9.29 Å². The molecule has 1 N–H and O–H groups in total. The number of hydrogen-bond donors (Lipinski definition) is 1. The molecule has 1 aromatic carbocycles.